The van der Waals surface area contributed by atoms with Gasteiger partial charge in [-0.05, 0) is 62.3 Å². The number of amides is 1. The van der Waals surface area contributed by atoms with Gasteiger partial charge in [-0.1, -0.05) is 6.07 Å². The van der Waals surface area contributed by atoms with Crippen LogP contribution in [0.15, 0.2) is 48.8 Å². The maximum absolute atomic E-state index is 12.7. The highest BCUT2D eigenvalue weighted by Gasteiger charge is 2.31. The standard InChI is InChI=1S/C25H24F3N7O3/c1-37-19-12-15(4-7-18(19)33-24(36)14-2-5-17(6-3-14)38-25(26,27)28)21-20-22(29)31-13-32-23(20)35(34-21)16-8-10-30-11-9-16/h2-7,12-13,16,30H,8-11H2,1H3,(H,33,36)(H2,29,31,32). The summed E-state index contributed by atoms with van der Waals surface area (Å²) in [5.74, 6) is -0.296. The maximum Gasteiger partial charge on any atom is 0.573 e. The average Bonchev–Trinajstić information content (AvgIpc) is 3.30. The Bertz CT molecular complexity index is 1470. The number of hydrogen-bond acceptors (Lipinski definition) is 8. The van der Waals surface area contributed by atoms with Crippen molar-refractivity contribution >= 4 is 28.4 Å². The minimum absolute atomic E-state index is 0.141. The smallest absolute Gasteiger partial charge is 0.495 e. The van der Waals surface area contributed by atoms with Crippen molar-refractivity contribution in [2.24, 2.45) is 0 Å². The predicted molar refractivity (Wildman–Crippen MR) is 134 cm³/mol. The molecule has 5 rings (SSSR count). The fourth-order valence-electron chi connectivity index (χ4n) is 4.45. The third-order valence-corrected chi connectivity index (χ3v) is 6.25. The van der Waals surface area contributed by atoms with Gasteiger partial charge < -0.3 is 25.8 Å². The van der Waals surface area contributed by atoms with Crippen LogP contribution in [0.25, 0.3) is 22.3 Å². The number of nitrogens with one attached hydrogen (secondary N) is 2. The number of aromatic nitrogens is 4. The van der Waals surface area contributed by atoms with Crippen molar-refractivity contribution in [1.82, 2.24) is 25.1 Å². The Labute approximate surface area is 215 Å². The molecule has 4 N–H and O–H groups in total. The van der Waals surface area contributed by atoms with E-state index in [-0.39, 0.29) is 11.6 Å². The molecule has 0 unspecified atom stereocenters. The summed E-state index contributed by atoms with van der Waals surface area (Å²) in [7, 11) is 1.46. The first-order chi connectivity index (χ1) is 18.2. The van der Waals surface area contributed by atoms with E-state index in [0.29, 0.717) is 39.5 Å². The average molecular weight is 528 g/mol. The van der Waals surface area contributed by atoms with Gasteiger partial charge in [0.25, 0.3) is 5.91 Å². The summed E-state index contributed by atoms with van der Waals surface area (Å²) in [5.41, 5.74) is 8.67. The van der Waals surface area contributed by atoms with Crippen LogP contribution in [0.3, 0.4) is 0 Å². The van der Waals surface area contributed by atoms with E-state index in [1.54, 1.807) is 18.2 Å². The number of benzene rings is 2. The first-order valence-corrected chi connectivity index (χ1v) is 11.8. The zero-order chi connectivity index (χ0) is 26.9. The molecular weight excluding hydrogens is 503 g/mol. The second-order valence-corrected chi connectivity index (χ2v) is 8.67. The third kappa shape index (κ3) is 5.18. The summed E-state index contributed by atoms with van der Waals surface area (Å²) in [6.07, 6.45) is -1.60. The van der Waals surface area contributed by atoms with Crippen LogP contribution in [0, 0.1) is 0 Å². The molecule has 10 nitrogen and oxygen atoms in total. The monoisotopic (exact) mass is 527 g/mol. The van der Waals surface area contributed by atoms with E-state index in [1.165, 1.54) is 25.6 Å². The summed E-state index contributed by atoms with van der Waals surface area (Å²) in [5, 5.41) is 11.6. The Morgan fingerprint density at radius 1 is 1.13 bits per heavy atom. The van der Waals surface area contributed by atoms with Gasteiger partial charge in [-0.25, -0.2) is 14.6 Å². The minimum Gasteiger partial charge on any atom is -0.495 e. The number of alkyl halides is 3. The zero-order valence-corrected chi connectivity index (χ0v) is 20.2. The number of anilines is 2. The minimum atomic E-state index is -4.82. The Kier molecular flexibility index (Phi) is 6.76. The third-order valence-electron chi connectivity index (χ3n) is 6.25. The molecule has 2 aromatic carbocycles. The van der Waals surface area contributed by atoms with Crippen LogP contribution in [0.2, 0.25) is 0 Å². The van der Waals surface area contributed by atoms with Gasteiger partial charge >= 0.3 is 6.36 Å². The van der Waals surface area contributed by atoms with Crippen molar-refractivity contribution < 1.29 is 27.4 Å². The quantitative estimate of drug-likeness (QED) is 0.341. The lowest BCUT2D eigenvalue weighted by Crippen LogP contribution is -2.30. The van der Waals surface area contributed by atoms with E-state index in [2.05, 4.69) is 25.3 Å². The summed E-state index contributed by atoms with van der Waals surface area (Å²) >= 11 is 0. The molecule has 4 aromatic rings. The molecule has 1 saturated heterocycles. The summed E-state index contributed by atoms with van der Waals surface area (Å²) < 4.78 is 48.4. The van der Waals surface area contributed by atoms with Gasteiger partial charge in [0.05, 0.1) is 24.2 Å². The summed E-state index contributed by atoms with van der Waals surface area (Å²) in [4.78, 5) is 21.4. The normalized spacial score (nSPS) is 14.4. The highest BCUT2D eigenvalue weighted by Crippen LogP contribution is 2.37. The number of nitrogens with two attached hydrogens (primary N) is 1. The van der Waals surface area contributed by atoms with Crippen LogP contribution in [0.5, 0.6) is 11.5 Å². The number of fused-ring (bicyclic) bond motifs is 1. The van der Waals surface area contributed by atoms with E-state index in [0.717, 1.165) is 38.1 Å². The van der Waals surface area contributed by atoms with Crippen LogP contribution in [0.1, 0.15) is 29.2 Å². The summed E-state index contributed by atoms with van der Waals surface area (Å²) in [6.45, 7) is 1.75. The van der Waals surface area contributed by atoms with Gasteiger partial charge in [0, 0.05) is 11.1 Å². The molecule has 1 fully saturated rings. The van der Waals surface area contributed by atoms with Crippen LogP contribution in [-0.2, 0) is 0 Å². The number of halogens is 3. The Hall–Kier alpha value is -4.39. The number of methoxy groups -OCH3 is 1. The Morgan fingerprint density at radius 3 is 2.55 bits per heavy atom. The second-order valence-electron chi connectivity index (χ2n) is 8.67. The molecule has 0 radical (unpaired) electrons. The number of carbonyl (C=O) groups excluding carboxylic acids is 1. The van der Waals surface area contributed by atoms with Crippen molar-refractivity contribution in [2.45, 2.75) is 25.2 Å². The SMILES string of the molecule is COc1cc(-c2nn(C3CCNCC3)c3ncnc(N)c23)ccc1NC(=O)c1ccc(OC(F)(F)F)cc1. The summed E-state index contributed by atoms with van der Waals surface area (Å²) in [6, 6.07) is 9.91. The number of nitrogens with zero attached hydrogens (tertiary/aromatic N) is 4. The molecule has 0 aliphatic carbocycles. The molecule has 3 heterocycles. The number of rotatable bonds is 6. The van der Waals surface area contributed by atoms with Gasteiger partial charge in [-0.2, -0.15) is 5.10 Å². The maximum atomic E-state index is 12.7. The van der Waals surface area contributed by atoms with Gasteiger partial charge in [0.1, 0.15) is 29.3 Å². The number of carbonyl (C=O) groups is 1. The molecule has 0 saturated carbocycles. The van der Waals surface area contributed by atoms with Gasteiger partial charge in [0.2, 0.25) is 0 Å². The molecule has 198 valence electrons. The predicted octanol–water partition coefficient (Wildman–Crippen LogP) is 4.16. The van der Waals surface area contributed by atoms with Crippen molar-refractivity contribution in [3.63, 3.8) is 0 Å². The zero-order valence-electron chi connectivity index (χ0n) is 20.2. The number of ether oxygens (including phenoxy) is 2. The highest BCUT2D eigenvalue weighted by molar-refractivity contribution is 6.05. The van der Waals surface area contributed by atoms with Crippen molar-refractivity contribution in [1.29, 1.82) is 0 Å². The van der Waals surface area contributed by atoms with Crippen LogP contribution in [0.4, 0.5) is 24.7 Å². The van der Waals surface area contributed by atoms with Crippen LogP contribution in [-0.4, -0.2) is 52.2 Å². The Morgan fingerprint density at radius 2 is 1.87 bits per heavy atom. The largest absolute Gasteiger partial charge is 0.573 e. The molecule has 0 atom stereocenters. The van der Waals surface area contributed by atoms with E-state index in [1.807, 2.05) is 4.68 Å². The van der Waals surface area contributed by atoms with E-state index < -0.39 is 18.0 Å². The molecule has 38 heavy (non-hydrogen) atoms. The van der Waals surface area contributed by atoms with Crippen molar-refractivity contribution in [3.8, 4) is 22.8 Å². The second kappa shape index (κ2) is 10.2. The fourth-order valence-corrected chi connectivity index (χ4v) is 4.45. The lowest BCUT2D eigenvalue weighted by molar-refractivity contribution is -0.274. The van der Waals surface area contributed by atoms with Gasteiger partial charge in [-0.3, -0.25) is 4.79 Å². The molecule has 1 aliphatic rings. The van der Waals surface area contributed by atoms with Crippen molar-refractivity contribution in [3.05, 3.63) is 54.4 Å². The number of nitrogen functional groups attached to an aromatic ring is 1. The molecule has 13 heteroatoms. The first-order valence-electron chi connectivity index (χ1n) is 11.8. The van der Waals surface area contributed by atoms with E-state index in [9.17, 15) is 18.0 Å². The van der Waals surface area contributed by atoms with E-state index >= 15 is 0 Å². The lowest BCUT2D eigenvalue weighted by Gasteiger charge is -2.23. The Balaban J connectivity index is 1.43. The lowest BCUT2D eigenvalue weighted by atomic mass is 10.1. The molecule has 1 aliphatic heterocycles. The highest BCUT2D eigenvalue weighted by atomic mass is 19.4. The number of hydrogen-bond donors (Lipinski definition) is 3. The van der Waals surface area contributed by atoms with Crippen LogP contribution < -0.4 is 25.8 Å². The van der Waals surface area contributed by atoms with Gasteiger partial charge in [0.15, 0.2) is 5.65 Å². The van der Waals surface area contributed by atoms with Crippen molar-refractivity contribution in [2.75, 3.05) is 31.2 Å². The van der Waals surface area contributed by atoms with Crippen LogP contribution >= 0.6 is 0 Å². The fraction of sp³-hybridized carbons (Fsp3) is 0.280. The molecule has 0 bridgehead atoms. The van der Waals surface area contributed by atoms with Gasteiger partial charge in [-0.15, -0.1) is 13.2 Å². The topological polar surface area (TPSA) is 129 Å². The molecule has 0 spiro atoms. The molecular formula is C25H24F3N7O3. The first kappa shape index (κ1) is 25.3. The van der Waals surface area contributed by atoms with E-state index in [4.69, 9.17) is 15.6 Å². The number of piperidine rings is 1. The molecule has 2 aromatic heterocycles. The molecule has 1 amide bonds.